The number of nitrogens with zero attached hydrogens (tertiary/aromatic N) is 4. The summed E-state index contributed by atoms with van der Waals surface area (Å²) in [5, 5.41) is 4.48. The smallest absolute Gasteiger partial charge is 0.340 e. The van der Waals surface area contributed by atoms with Crippen molar-refractivity contribution in [1.82, 2.24) is 19.9 Å². The lowest BCUT2D eigenvalue weighted by Gasteiger charge is -2.34. The van der Waals surface area contributed by atoms with E-state index in [0.717, 1.165) is 0 Å². The van der Waals surface area contributed by atoms with E-state index >= 15 is 0 Å². The van der Waals surface area contributed by atoms with Crippen LogP contribution < -0.4 is 0 Å². The Bertz CT molecular complexity index is 773. The molecule has 26 heavy (non-hydrogen) atoms. The number of aromatic nitrogens is 2. The van der Waals surface area contributed by atoms with Crippen LogP contribution in [0.25, 0.3) is 11.5 Å². The van der Waals surface area contributed by atoms with Gasteiger partial charge in [-0.05, 0) is 18.2 Å². The molecular weight excluding hydrogens is 373 g/mol. The van der Waals surface area contributed by atoms with Crippen molar-refractivity contribution in [2.24, 2.45) is 0 Å². The Kier molecular flexibility index (Phi) is 5.47. The first kappa shape index (κ1) is 18.7. The molecule has 2 heterocycles. The van der Waals surface area contributed by atoms with Crippen LogP contribution in [0.5, 0.6) is 0 Å². The normalized spacial score (nSPS) is 16.1. The van der Waals surface area contributed by atoms with Crippen LogP contribution in [0.15, 0.2) is 28.8 Å². The highest BCUT2D eigenvalue weighted by Gasteiger charge is 2.34. The number of carbonyl (C=O) groups excluding carboxylic acids is 1. The highest BCUT2D eigenvalue weighted by atomic mass is 35.5. The van der Waals surface area contributed by atoms with E-state index in [2.05, 4.69) is 10.1 Å². The highest BCUT2D eigenvalue weighted by Crippen LogP contribution is 2.22. The average Bonchev–Trinajstić information content (AvgIpc) is 3.02. The minimum absolute atomic E-state index is 0.244. The van der Waals surface area contributed by atoms with Gasteiger partial charge < -0.3 is 9.42 Å². The molecule has 6 nitrogen and oxygen atoms in total. The van der Waals surface area contributed by atoms with Crippen molar-refractivity contribution < 1.29 is 22.5 Å². The molecule has 1 aliphatic heterocycles. The molecule has 3 rings (SSSR count). The van der Waals surface area contributed by atoms with Crippen molar-refractivity contribution in [2.75, 3.05) is 26.2 Å². The van der Waals surface area contributed by atoms with E-state index in [1.807, 2.05) is 4.90 Å². The Balaban J connectivity index is 1.53. The fourth-order valence-corrected chi connectivity index (χ4v) is 2.89. The van der Waals surface area contributed by atoms with Crippen LogP contribution in [-0.2, 0) is 11.3 Å². The summed E-state index contributed by atoms with van der Waals surface area (Å²) >= 11 is 5.94. The van der Waals surface area contributed by atoms with Crippen LogP contribution in [0.1, 0.15) is 12.2 Å². The van der Waals surface area contributed by atoms with E-state index in [-0.39, 0.29) is 13.1 Å². The van der Waals surface area contributed by atoms with Crippen molar-refractivity contribution in [1.29, 1.82) is 0 Å². The van der Waals surface area contributed by atoms with Gasteiger partial charge in [-0.25, -0.2) is 0 Å². The summed E-state index contributed by atoms with van der Waals surface area (Å²) in [4.78, 5) is 19.1. The molecule has 1 aromatic heterocycles. The first-order valence-corrected chi connectivity index (χ1v) is 8.33. The van der Waals surface area contributed by atoms with Crippen LogP contribution in [0.2, 0.25) is 5.02 Å². The second-order valence-electron chi connectivity index (χ2n) is 5.97. The van der Waals surface area contributed by atoms with Crippen LogP contribution >= 0.6 is 11.6 Å². The molecule has 140 valence electrons. The molecule has 2 aromatic rings. The molecule has 0 unspecified atom stereocenters. The molecule has 0 saturated carbocycles. The molecule has 1 saturated heterocycles. The van der Waals surface area contributed by atoms with Gasteiger partial charge in [0.2, 0.25) is 5.91 Å². The Hall–Kier alpha value is -2.13. The fraction of sp³-hybridized carbons (Fsp3) is 0.438. The zero-order chi connectivity index (χ0) is 18.7. The number of hydrogen-bond acceptors (Lipinski definition) is 5. The Morgan fingerprint density at radius 3 is 2.62 bits per heavy atom. The lowest BCUT2D eigenvalue weighted by molar-refractivity contribution is -0.162. The van der Waals surface area contributed by atoms with Crippen molar-refractivity contribution in [2.45, 2.75) is 19.1 Å². The zero-order valence-electron chi connectivity index (χ0n) is 13.7. The molecule has 0 radical (unpaired) electrons. The van der Waals surface area contributed by atoms with Gasteiger partial charge in [0.25, 0.3) is 5.89 Å². The summed E-state index contributed by atoms with van der Waals surface area (Å²) in [6, 6.07) is 7.03. The molecule has 10 heteroatoms. The molecule has 0 aliphatic carbocycles. The maximum Gasteiger partial charge on any atom is 0.397 e. The number of halogens is 4. The molecule has 0 atom stereocenters. The van der Waals surface area contributed by atoms with Crippen molar-refractivity contribution in [3.63, 3.8) is 0 Å². The third kappa shape index (κ3) is 4.95. The second kappa shape index (κ2) is 7.63. The SMILES string of the molecule is O=C(CC(F)(F)F)N1CCN(Cc2noc(-c3cccc(Cl)c3)n2)CC1. The number of benzene rings is 1. The Labute approximate surface area is 152 Å². The lowest BCUT2D eigenvalue weighted by atomic mass is 10.2. The van der Waals surface area contributed by atoms with Crippen molar-refractivity contribution >= 4 is 17.5 Å². The van der Waals surface area contributed by atoms with Gasteiger partial charge in [0, 0.05) is 36.8 Å². The minimum Gasteiger partial charge on any atom is -0.340 e. The topological polar surface area (TPSA) is 62.5 Å². The minimum atomic E-state index is -4.48. The number of amides is 1. The van der Waals surface area contributed by atoms with Crippen LogP contribution in [0, 0.1) is 0 Å². The van der Waals surface area contributed by atoms with Gasteiger partial charge in [-0.15, -0.1) is 0 Å². The summed E-state index contributed by atoms with van der Waals surface area (Å²) in [6.07, 6.45) is -5.89. The van der Waals surface area contributed by atoms with Crippen LogP contribution in [-0.4, -0.2) is 58.2 Å². The van der Waals surface area contributed by atoms with Gasteiger partial charge in [0.1, 0.15) is 6.42 Å². The molecule has 0 N–H and O–H groups in total. The number of piperazine rings is 1. The molecule has 1 aliphatic rings. The van der Waals surface area contributed by atoms with E-state index in [9.17, 15) is 18.0 Å². The van der Waals surface area contributed by atoms with E-state index in [1.165, 1.54) is 4.90 Å². The van der Waals surface area contributed by atoms with Crippen LogP contribution in [0.4, 0.5) is 13.2 Å². The molecular formula is C16H16ClF3N4O2. The molecule has 1 amide bonds. The van der Waals surface area contributed by atoms with E-state index in [4.69, 9.17) is 16.1 Å². The van der Waals surface area contributed by atoms with E-state index in [0.29, 0.717) is 41.9 Å². The number of carbonyl (C=O) groups is 1. The standard InChI is InChI=1S/C16H16ClF3N4O2/c17-12-3-1-2-11(8-12)15-21-13(22-26-15)10-23-4-6-24(7-5-23)14(25)9-16(18,19)20/h1-3,8H,4-7,9-10H2. The highest BCUT2D eigenvalue weighted by molar-refractivity contribution is 6.30. The summed E-state index contributed by atoms with van der Waals surface area (Å²) in [5.74, 6) is -0.0727. The number of hydrogen-bond donors (Lipinski definition) is 0. The van der Waals surface area contributed by atoms with Crippen LogP contribution in [0.3, 0.4) is 0 Å². The average molecular weight is 389 g/mol. The van der Waals surface area contributed by atoms with Gasteiger partial charge in [-0.2, -0.15) is 18.2 Å². The summed E-state index contributed by atoms with van der Waals surface area (Å²) in [6.45, 7) is 1.78. The maximum atomic E-state index is 12.3. The lowest BCUT2D eigenvalue weighted by Crippen LogP contribution is -2.49. The molecule has 0 spiro atoms. The van der Waals surface area contributed by atoms with Gasteiger partial charge >= 0.3 is 6.18 Å². The molecule has 1 aromatic carbocycles. The Morgan fingerprint density at radius 2 is 1.96 bits per heavy atom. The van der Waals surface area contributed by atoms with Gasteiger partial charge in [-0.1, -0.05) is 22.8 Å². The third-order valence-corrected chi connectivity index (χ3v) is 4.22. The van der Waals surface area contributed by atoms with Gasteiger partial charge in [0.15, 0.2) is 5.82 Å². The zero-order valence-corrected chi connectivity index (χ0v) is 14.4. The number of alkyl halides is 3. The fourth-order valence-electron chi connectivity index (χ4n) is 2.70. The predicted molar refractivity (Wildman–Crippen MR) is 87.3 cm³/mol. The summed E-state index contributed by atoms with van der Waals surface area (Å²) in [7, 11) is 0. The Morgan fingerprint density at radius 1 is 1.23 bits per heavy atom. The molecule has 1 fully saturated rings. The predicted octanol–water partition coefficient (Wildman–Crippen LogP) is 2.99. The second-order valence-corrected chi connectivity index (χ2v) is 6.41. The summed E-state index contributed by atoms with van der Waals surface area (Å²) in [5.41, 5.74) is 0.707. The molecule has 0 bridgehead atoms. The van der Waals surface area contributed by atoms with Gasteiger partial charge in [-0.3, -0.25) is 9.69 Å². The van der Waals surface area contributed by atoms with E-state index < -0.39 is 18.5 Å². The number of rotatable bonds is 4. The van der Waals surface area contributed by atoms with E-state index in [1.54, 1.807) is 24.3 Å². The largest absolute Gasteiger partial charge is 0.397 e. The van der Waals surface area contributed by atoms with Gasteiger partial charge in [0.05, 0.1) is 6.54 Å². The monoisotopic (exact) mass is 388 g/mol. The first-order chi connectivity index (χ1) is 12.3. The maximum absolute atomic E-state index is 12.3. The third-order valence-electron chi connectivity index (χ3n) is 3.98. The van der Waals surface area contributed by atoms with Crippen molar-refractivity contribution in [3.8, 4) is 11.5 Å². The summed E-state index contributed by atoms with van der Waals surface area (Å²) < 4.78 is 42.1. The van der Waals surface area contributed by atoms with Crippen molar-refractivity contribution in [3.05, 3.63) is 35.1 Å². The first-order valence-electron chi connectivity index (χ1n) is 7.95. The quantitative estimate of drug-likeness (QED) is 0.805.